The predicted octanol–water partition coefficient (Wildman–Crippen LogP) is 5.12. The maximum atomic E-state index is 7.13. The van der Waals surface area contributed by atoms with E-state index in [1.807, 2.05) is 7.11 Å². The fourth-order valence-corrected chi connectivity index (χ4v) is 9.54. The largest absolute Gasteiger partial charge is 0.407 e. The summed E-state index contributed by atoms with van der Waals surface area (Å²) < 4.78 is 13.2. The SMILES string of the molecule is COC1(c2ccccc2)CC1CO[Si](c1ccccc1)(c1ccccc1)C(C)(C)C. The Labute approximate surface area is 182 Å². The van der Waals surface area contributed by atoms with Crippen molar-refractivity contribution in [1.82, 2.24) is 0 Å². The zero-order chi connectivity index (χ0) is 21.2. The summed E-state index contributed by atoms with van der Waals surface area (Å²) in [5.74, 6) is 0.367. The number of hydrogen-bond acceptors (Lipinski definition) is 2. The highest BCUT2D eigenvalue weighted by molar-refractivity contribution is 6.99. The minimum Gasteiger partial charge on any atom is -0.407 e. The van der Waals surface area contributed by atoms with Crippen LogP contribution in [-0.2, 0) is 14.8 Å². The lowest BCUT2D eigenvalue weighted by atomic mass is 10.1. The lowest BCUT2D eigenvalue weighted by Crippen LogP contribution is -2.66. The highest BCUT2D eigenvalue weighted by Gasteiger charge is 2.58. The minimum atomic E-state index is -2.50. The van der Waals surface area contributed by atoms with Crippen LogP contribution in [0.1, 0.15) is 32.8 Å². The van der Waals surface area contributed by atoms with Crippen LogP contribution in [0.15, 0.2) is 91.0 Å². The van der Waals surface area contributed by atoms with Crippen LogP contribution in [0.5, 0.6) is 0 Å². The van der Waals surface area contributed by atoms with E-state index in [-0.39, 0.29) is 10.6 Å². The van der Waals surface area contributed by atoms with Crippen molar-refractivity contribution in [2.45, 2.75) is 37.8 Å². The van der Waals surface area contributed by atoms with Crippen LogP contribution in [0.4, 0.5) is 0 Å². The van der Waals surface area contributed by atoms with Gasteiger partial charge in [-0.1, -0.05) is 112 Å². The van der Waals surface area contributed by atoms with Gasteiger partial charge < -0.3 is 9.16 Å². The molecule has 2 nitrogen and oxygen atoms in total. The molecule has 2 unspecified atom stereocenters. The molecule has 0 saturated heterocycles. The minimum absolute atomic E-state index is 0.00687. The van der Waals surface area contributed by atoms with Gasteiger partial charge in [0.25, 0.3) is 8.32 Å². The van der Waals surface area contributed by atoms with Gasteiger partial charge >= 0.3 is 0 Å². The van der Waals surface area contributed by atoms with E-state index in [0.717, 1.165) is 6.42 Å². The van der Waals surface area contributed by atoms with Gasteiger partial charge in [-0.2, -0.15) is 0 Å². The number of rotatable bonds is 7. The van der Waals surface area contributed by atoms with Crippen LogP contribution in [0, 0.1) is 5.92 Å². The zero-order valence-electron chi connectivity index (χ0n) is 18.5. The first-order valence-corrected chi connectivity index (χ1v) is 12.7. The van der Waals surface area contributed by atoms with E-state index in [1.54, 1.807) is 0 Å². The van der Waals surface area contributed by atoms with Crippen molar-refractivity contribution in [3.8, 4) is 0 Å². The Balaban J connectivity index is 1.70. The van der Waals surface area contributed by atoms with Crippen molar-refractivity contribution in [3.05, 3.63) is 96.6 Å². The fourth-order valence-electron chi connectivity index (χ4n) is 4.93. The van der Waals surface area contributed by atoms with Gasteiger partial charge in [0.15, 0.2) is 0 Å². The molecule has 0 radical (unpaired) electrons. The van der Waals surface area contributed by atoms with Gasteiger partial charge in [0.05, 0.1) is 5.60 Å². The predicted molar refractivity (Wildman–Crippen MR) is 127 cm³/mol. The smallest absolute Gasteiger partial charge is 0.261 e. The summed E-state index contributed by atoms with van der Waals surface area (Å²) in [6.45, 7) is 7.68. The molecule has 3 heteroatoms. The summed E-state index contributed by atoms with van der Waals surface area (Å²) >= 11 is 0. The Hall–Kier alpha value is -2.20. The molecule has 1 saturated carbocycles. The fraction of sp³-hybridized carbons (Fsp3) is 0.333. The molecule has 1 aliphatic rings. The molecule has 30 heavy (non-hydrogen) atoms. The lowest BCUT2D eigenvalue weighted by molar-refractivity contribution is 0.0539. The van der Waals surface area contributed by atoms with Gasteiger partial charge in [-0.25, -0.2) is 0 Å². The first-order chi connectivity index (χ1) is 14.4. The summed E-state index contributed by atoms with van der Waals surface area (Å²) in [5.41, 5.74) is 1.04. The van der Waals surface area contributed by atoms with E-state index in [4.69, 9.17) is 9.16 Å². The third kappa shape index (κ3) is 3.56. The second-order valence-electron chi connectivity index (χ2n) is 9.33. The first-order valence-electron chi connectivity index (χ1n) is 10.8. The van der Waals surface area contributed by atoms with E-state index in [1.165, 1.54) is 15.9 Å². The van der Waals surface area contributed by atoms with Crippen LogP contribution in [0.25, 0.3) is 0 Å². The molecule has 4 rings (SSSR count). The second-order valence-corrected chi connectivity index (χ2v) is 13.6. The summed E-state index contributed by atoms with van der Waals surface area (Å²) in [6.07, 6.45) is 1.01. The number of benzene rings is 3. The van der Waals surface area contributed by atoms with Gasteiger partial charge in [-0.05, 0) is 27.4 Å². The molecule has 0 N–H and O–H groups in total. The summed E-state index contributed by atoms with van der Waals surface area (Å²) in [6, 6.07) is 32.3. The summed E-state index contributed by atoms with van der Waals surface area (Å²) in [7, 11) is -0.675. The molecule has 2 atom stereocenters. The maximum Gasteiger partial charge on any atom is 0.261 e. The van der Waals surface area contributed by atoms with Crippen LogP contribution >= 0.6 is 0 Å². The van der Waals surface area contributed by atoms with Crippen molar-refractivity contribution in [2.24, 2.45) is 5.92 Å². The molecular weight excluding hydrogens is 384 g/mol. The maximum absolute atomic E-state index is 7.13. The molecule has 3 aromatic carbocycles. The molecule has 0 amide bonds. The number of hydrogen-bond donors (Lipinski definition) is 0. The third-order valence-electron chi connectivity index (χ3n) is 6.59. The number of ether oxygens (including phenoxy) is 1. The molecule has 3 aromatic rings. The van der Waals surface area contributed by atoms with Crippen LogP contribution in [0.2, 0.25) is 5.04 Å². The summed E-state index contributed by atoms with van der Waals surface area (Å²) in [5, 5.41) is 2.65. The molecule has 1 aliphatic carbocycles. The average molecular weight is 417 g/mol. The Morgan fingerprint density at radius 1 is 0.800 bits per heavy atom. The molecule has 1 fully saturated rings. The highest BCUT2D eigenvalue weighted by atomic mass is 28.4. The van der Waals surface area contributed by atoms with E-state index in [0.29, 0.717) is 12.5 Å². The molecule has 0 aromatic heterocycles. The lowest BCUT2D eigenvalue weighted by Gasteiger charge is -2.43. The van der Waals surface area contributed by atoms with E-state index >= 15 is 0 Å². The van der Waals surface area contributed by atoms with Crippen LogP contribution < -0.4 is 10.4 Å². The number of methoxy groups -OCH3 is 1. The van der Waals surface area contributed by atoms with Crippen molar-refractivity contribution in [3.63, 3.8) is 0 Å². The zero-order valence-corrected chi connectivity index (χ0v) is 19.5. The van der Waals surface area contributed by atoms with Crippen LogP contribution in [-0.4, -0.2) is 22.0 Å². The van der Waals surface area contributed by atoms with Crippen molar-refractivity contribution in [1.29, 1.82) is 0 Å². The van der Waals surface area contributed by atoms with Gasteiger partial charge in [0.2, 0.25) is 0 Å². The van der Waals surface area contributed by atoms with Gasteiger partial charge in [-0.3, -0.25) is 0 Å². The summed E-state index contributed by atoms with van der Waals surface area (Å²) in [4.78, 5) is 0. The quantitative estimate of drug-likeness (QED) is 0.498. The van der Waals surface area contributed by atoms with Crippen LogP contribution in [0.3, 0.4) is 0 Å². The molecule has 156 valence electrons. The molecule has 0 bridgehead atoms. The van der Waals surface area contributed by atoms with E-state index < -0.39 is 8.32 Å². The Morgan fingerprint density at radius 3 is 1.70 bits per heavy atom. The van der Waals surface area contributed by atoms with Gasteiger partial charge in [0.1, 0.15) is 0 Å². The highest BCUT2D eigenvalue weighted by Crippen LogP contribution is 2.55. The van der Waals surface area contributed by atoms with Crippen molar-refractivity contribution < 1.29 is 9.16 Å². The third-order valence-corrected chi connectivity index (χ3v) is 11.6. The Morgan fingerprint density at radius 2 is 1.27 bits per heavy atom. The standard InChI is InChI=1S/C27H32O2Si/c1-26(2,3)30(24-16-10-6-11-17-24,25-18-12-7-13-19-25)29-21-23-20-27(23,28-4)22-14-8-5-9-15-22/h5-19,23H,20-21H2,1-4H3. The normalized spacial score (nSPS) is 21.4. The Kier molecular flexibility index (Phi) is 5.71. The van der Waals surface area contributed by atoms with E-state index in [9.17, 15) is 0 Å². The second kappa shape index (κ2) is 8.14. The first kappa shape index (κ1) is 21.0. The molecule has 0 aliphatic heterocycles. The average Bonchev–Trinajstić information content (AvgIpc) is 3.50. The molecular formula is C27H32O2Si. The van der Waals surface area contributed by atoms with Crippen molar-refractivity contribution >= 4 is 18.7 Å². The van der Waals surface area contributed by atoms with Gasteiger partial charge in [-0.15, -0.1) is 0 Å². The topological polar surface area (TPSA) is 18.5 Å². The molecule has 0 heterocycles. The van der Waals surface area contributed by atoms with E-state index in [2.05, 4.69) is 112 Å². The Bertz CT molecular complexity index is 911. The van der Waals surface area contributed by atoms with Gasteiger partial charge in [0, 0.05) is 19.6 Å². The monoisotopic (exact) mass is 416 g/mol. The molecule has 0 spiro atoms. The van der Waals surface area contributed by atoms with Crippen molar-refractivity contribution in [2.75, 3.05) is 13.7 Å².